The lowest BCUT2D eigenvalue weighted by molar-refractivity contribution is 0.543. The SMILES string of the molecule is CCCCCCc1cn(C(C)c2ccc3sc4ccccc4c3c2)nn1. The van der Waals surface area contributed by atoms with Crippen molar-refractivity contribution < 1.29 is 0 Å². The number of fused-ring (bicyclic) bond motifs is 3. The Balaban J connectivity index is 1.57. The van der Waals surface area contributed by atoms with Gasteiger partial charge in [0.1, 0.15) is 0 Å². The molecule has 1 unspecified atom stereocenters. The van der Waals surface area contributed by atoms with Crippen LogP contribution in [-0.4, -0.2) is 15.0 Å². The van der Waals surface area contributed by atoms with Gasteiger partial charge in [0.05, 0.1) is 11.7 Å². The van der Waals surface area contributed by atoms with Crippen LogP contribution in [-0.2, 0) is 6.42 Å². The molecular weight excluding hydrogens is 338 g/mol. The summed E-state index contributed by atoms with van der Waals surface area (Å²) in [5, 5.41) is 11.5. The van der Waals surface area contributed by atoms with Gasteiger partial charge in [-0.2, -0.15) is 0 Å². The quantitative estimate of drug-likeness (QED) is 0.357. The van der Waals surface area contributed by atoms with Crippen molar-refractivity contribution in [1.29, 1.82) is 0 Å². The van der Waals surface area contributed by atoms with Gasteiger partial charge in [0.25, 0.3) is 0 Å². The molecule has 134 valence electrons. The van der Waals surface area contributed by atoms with Crippen molar-refractivity contribution in [3.8, 4) is 0 Å². The maximum atomic E-state index is 4.39. The van der Waals surface area contributed by atoms with E-state index in [1.165, 1.54) is 51.4 Å². The van der Waals surface area contributed by atoms with E-state index >= 15 is 0 Å². The Bertz CT molecular complexity index is 1010. The van der Waals surface area contributed by atoms with E-state index in [1.54, 1.807) is 0 Å². The fraction of sp³-hybridized carbons (Fsp3) is 0.364. The molecule has 1 atom stereocenters. The van der Waals surface area contributed by atoms with Gasteiger partial charge in [-0.05, 0) is 43.5 Å². The summed E-state index contributed by atoms with van der Waals surface area (Å²) in [5.74, 6) is 0. The molecule has 4 heteroatoms. The van der Waals surface area contributed by atoms with Gasteiger partial charge in [0.2, 0.25) is 0 Å². The molecule has 0 saturated heterocycles. The van der Waals surface area contributed by atoms with Crippen molar-refractivity contribution in [3.05, 3.63) is 59.9 Å². The maximum absolute atomic E-state index is 4.39. The average Bonchev–Trinajstić information content (AvgIpc) is 3.29. The van der Waals surface area contributed by atoms with E-state index < -0.39 is 0 Å². The number of hydrogen-bond donors (Lipinski definition) is 0. The van der Waals surface area contributed by atoms with Crippen LogP contribution in [0.2, 0.25) is 0 Å². The molecule has 4 aromatic rings. The molecule has 0 aliphatic heterocycles. The Morgan fingerprint density at radius 2 is 1.85 bits per heavy atom. The molecule has 0 radical (unpaired) electrons. The standard InChI is InChI=1S/C22H25N3S/c1-3-4-5-6-9-18-15-25(24-23-18)16(2)17-12-13-22-20(14-17)19-10-7-8-11-21(19)26-22/h7-8,10-16H,3-6,9H2,1-2H3. The lowest BCUT2D eigenvalue weighted by Crippen LogP contribution is -2.07. The van der Waals surface area contributed by atoms with Crippen molar-refractivity contribution >= 4 is 31.5 Å². The molecule has 26 heavy (non-hydrogen) atoms. The van der Waals surface area contributed by atoms with E-state index in [-0.39, 0.29) is 6.04 Å². The number of aryl methyl sites for hydroxylation is 1. The van der Waals surface area contributed by atoms with E-state index in [9.17, 15) is 0 Å². The second-order valence-electron chi connectivity index (χ2n) is 7.03. The molecule has 2 heterocycles. The first kappa shape index (κ1) is 17.2. The van der Waals surface area contributed by atoms with Crippen LogP contribution >= 0.6 is 11.3 Å². The van der Waals surface area contributed by atoms with Gasteiger partial charge in [-0.25, -0.2) is 4.68 Å². The molecule has 2 aromatic carbocycles. The first-order valence-electron chi connectivity index (χ1n) is 9.58. The van der Waals surface area contributed by atoms with Gasteiger partial charge in [0, 0.05) is 26.4 Å². The highest BCUT2D eigenvalue weighted by Gasteiger charge is 2.13. The molecule has 0 aliphatic rings. The van der Waals surface area contributed by atoms with E-state index in [2.05, 4.69) is 72.8 Å². The van der Waals surface area contributed by atoms with E-state index in [4.69, 9.17) is 0 Å². The number of rotatable bonds is 7. The van der Waals surface area contributed by atoms with Crippen molar-refractivity contribution in [2.45, 2.75) is 52.0 Å². The molecule has 0 amide bonds. The predicted molar refractivity (Wildman–Crippen MR) is 111 cm³/mol. The van der Waals surface area contributed by atoms with Crippen molar-refractivity contribution in [1.82, 2.24) is 15.0 Å². The second kappa shape index (κ2) is 7.58. The van der Waals surface area contributed by atoms with Crippen molar-refractivity contribution in [2.75, 3.05) is 0 Å². The minimum Gasteiger partial charge on any atom is -0.245 e. The Morgan fingerprint density at radius 3 is 2.73 bits per heavy atom. The van der Waals surface area contributed by atoms with Crippen LogP contribution in [0.25, 0.3) is 20.2 Å². The third-order valence-electron chi connectivity index (χ3n) is 5.12. The Hall–Kier alpha value is -2.20. The molecular formula is C22H25N3S. The highest BCUT2D eigenvalue weighted by Crippen LogP contribution is 2.35. The van der Waals surface area contributed by atoms with Crippen LogP contribution in [0.4, 0.5) is 0 Å². The van der Waals surface area contributed by atoms with Gasteiger partial charge in [-0.1, -0.05) is 55.7 Å². The Labute approximate surface area is 158 Å². The number of nitrogens with zero attached hydrogens (tertiary/aromatic N) is 3. The molecule has 0 spiro atoms. The van der Waals surface area contributed by atoms with E-state index in [0.29, 0.717) is 0 Å². The van der Waals surface area contributed by atoms with Crippen LogP contribution in [0.15, 0.2) is 48.7 Å². The summed E-state index contributed by atoms with van der Waals surface area (Å²) in [6.45, 7) is 4.44. The normalized spacial score (nSPS) is 12.8. The van der Waals surface area contributed by atoms with Gasteiger partial charge < -0.3 is 0 Å². The first-order valence-corrected chi connectivity index (χ1v) is 10.4. The topological polar surface area (TPSA) is 30.7 Å². The molecule has 0 saturated carbocycles. The highest BCUT2D eigenvalue weighted by atomic mass is 32.1. The summed E-state index contributed by atoms with van der Waals surface area (Å²) >= 11 is 1.86. The minimum atomic E-state index is 0.190. The van der Waals surface area contributed by atoms with Crippen LogP contribution in [0, 0.1) is 0 Å². The van der Waals surface area contributed by atoms with Crippen LogP contribution in [0.5, 0.6) is 0 Å². The number of unbranched alkanes of at least 4 members (excludes halogenated alkanes) is 3. The average molecular weight is 364 g/mol. The minimum absolute atomic E-state index is 0.190. The third kappa shape index (κ3) is 3.38. The van der Waals surface area contributed by atoms with E-state index in [0.717, 1.165) is 12.1 Å². The largest absolute Gasteiger partial charge is 0.245 e. The van der Waals surface area contributed by atoms with Crippen LogP contribution < -0.4 is 0 Å². The predicted octanol–water partition coefficient (Wildman–Crippen LogP) is 6.38. The second-order valence-corrected chi connectivity index (χ2v) is 8.11. The lowest BCUT2D eigenvalue weighted by Gasteiger charge is -2.12. The fourth-order valence-electron chi connectivity index (χ4n) is 3.51. The first-order chi connectivity index (χ1) is 12.8. The molecule has 2 aromatic heterocycles. The summed E-state index contributed by atoms with van der Waals surface area (Å²) in [5.41, 5.74) is 2.39. The molecule has 0 N–H and O–H groups in total. The number of hydrogen-bond acceptors (Lipinski definition) is 3. The lowest BCUT2D eigenvalue weighted by atomic mass is 10.0. The van der Waals surface area contributed by atoms with E-state index in [1.807, 2.05) is 16.0 Å². The number of benzene rings is 2. The molecule has 0 aliphatic carbocycles. The zero-order chi connectivity index (χ0) is 17.9. The van der Waals surface area contributed by atoms with Gasteiger partial charge in [0.15, 0.2) is 0 Å². The summed E-state index contributed by atoms with van der Waals surface area (Å²) in [7, 11) is 0. The fourth-order valence-corrected chi connectivity index (χ4v) is 4.59. The van der Waals surface area contributed by atoms with Crippen molar-refractivity contribution in [2.24, 2.45) is 0 Å². The van der Waals surface area contributed by atoms with Crippen LogP contribution in [0.1, 0.15) is 56.8 Å². The molecule has 4 rings (SSSR count). The molecule has 0 bridgehead atoms. The third-order valence-corrected chi connectivity index (χ3v) is 6.28. The monoisotopic (exact) mass is 363 g/mol. The van der Waals surface area contributed by atoms with Gasteiger partial charge in [-0.3, -0.25) is 0 Å². The maximum Gasteiger partial charge on any atom is 0.0827 e. The molecule has 3 nitrogen and oxygen atoms in total. The summed E-state index contributed by atoms with van der Waals surface area (Å²) < 4.78 is 4.70. The highest BCUT2D eigenvalue weighted by molar-refractivity contribution is 7.25. The zero-order valence-electron chi connectivity index (χ0n) is 15.5. The summed E-state index contributed by atoms with van der Waals surface area (Å²) in [4.78, 5) is 0. The van der Waals surface area contributed by atoms with Crippen LogP contribution in [0.3, 0.4) is 0 Å². The summed E-state index contributed by atoms with van der Waals surface area (Å²) in [6, 6.07) is 15.6. The van der Waals surface area contributed by atoms with Crippen molar-refractivity contribution in [3.63, 3.8) is 0 Å². The smallest absolute Gasteiger partial charge is 0.0827 e. The number of thiophene rings is 1. The zero-order valence-corrected chi connectivity index (χ0v) is 16.3. The number of aromatic nitrogens is 3. The molecule has 0 fully saturated rings. The summed E-state index contributed by atoms with van der Waals surface area (Å²) in [6.07, 6.45) is 8.20. The van der Waals surface area contributed by atoms with Gasteiger partial charge >= 0.3 is 0 Å². The Morgan fingerprint density at radius 1 is 1.00 bits per heavy atom. The Kier molecular flexibility index (Phi) is 5.02. The van der Waals surface area contributed by atoms with Gasteiger partial charge in [-0.15, -0.1) is 16.4 Å².